The highest BCUT2D eigenvalue weighted by atomic mass is 15.3. The van der Waals surface area contributed by atoms with Crippen LogP contribution in [0.15, 0.2) is 18.3 Å². The second kappa shape index (κ2) is 5.97. The van der Waals surface area contributed by atoms with E-state index in [1.54, 1.807) is 0 Å². The van der Waals surface area contributed by atoms with E-state index in [4.69, 9.17) is 4.98 Å². The molecule has 4 heterocycles. The molecule has 0 aromatic carbocycles. The summed E-state index contributed by atoms with van der Waals surface area (Å²) >= 11 is 0. The van der Waals surface area contributed by atoms with Crippen molar-refractivity contribution in [3.63, 3.8) is 0 Å². The van der Waals surface area contributed by atoms with Crippen LogP contribution in [0.4, 0.5) is 0 Å². The van der Waals surface area contributed by atoms with Gasteiger partial charge in [-0.15, -0.1) is 0 Å². The van der Waals surface area contributed by atoms with Crippen LogP contribution in [-0.4, -0.2) is 46.1 Å². The zero-order chi connectivity index (χ0) is 14.9. The number of likely N-dealkylation sites (tertiary alicyclic amines) is 1. The Labute approximate surface area is 131 Å². The molecule has 2 atom stereocenters. The zero-order valence-corrected chi connectivity index (χ0v) is 13.3. The molecule has 2 saturated heterocycles. The molecule has 2 aromatic rings. The van der Waals surface area contributed by atoms with Gasteiger partial charge in [0.1, 0.15) is 11.3 Å². The van der Waals surface area contributed by atoms with E-state index >= 15 is 0 Å². The maximum Gasteiger partial charge on any atom is 0.161 e. The van der Waals surface area contributed by atoms with Crippen LogP contribution in [0, 0.1) is 5.92 Å². The van der Waals surface area contributed by atoms with Crippen LogP contribution >= 0.6 is 0 Å². The van der Waals surface area contributed by atoms with Crippen molar-refractivity contribution in [2.75, 3.05) is 26.7 Å². The molecular weight excluding hydrogens is 274 g/mol. The fraction of sp³-hybridized carbons (Fsp3) is 0.647. The van der Waals surface area contributed by atoms with Gasteiger partial charge in [-0.2, -0.15) is 0 Å². The van der Waals surface area contributed by atoms with Crippen molar-refractivity contribution in [3.05, 3.63) is 24.2 Å². The van der Waals surface area contributed by atoms with Crippen LogP contribution in [0.5, 0.6) is 0 Å². The number of hydrogen-bond acceptors (Lipinski definition) is 4. The van der Waals surface area contributed by atoms with E-state index in [2.05, 4.69) is 32.9 Å². The van der Waals surface area contributed by atoms with Gasteiger partial charge in [-0.05, 0) is 70.4 Å². The molecule has 5 heteroatoms. The van der Waals surface area contributed by atoms with Gasteiger partial charge in [0.2, 0.25) is 0 Å². The molecule has 2 aliphatic heterocycles. The largest absolute Gasteiger partial charge is 0.316 e. The molecule has 118 valence electrons. The summed E-state index contributed by atoms with van der Waals surface area (Å²) in [6.07, 6.45) is 8.43. The number of imidazole rings is 1. The minimum atomic E-state index is 0.423. The van der Waals surface area contributed by atoms with Gasteiger partial charge >= 0.3 is 0 Å². The lowest BCUT2D eigenvalue weighted by atomic mass is 9.96. The van der Waals surface area contributed by atoms with E-state index in [0.717, 1.165) is 24.1 Å². The van der Waals surface area contributed by atoms with E-state index < -0.39 is 0 Å². The molecular formula is C17H25N5. The molecule has 0 bridgehead atoms. The second-order valence-corrected chi connectivity index (χ2v) is 6.76. The monoisotopic (exact) mass is 299 g/mol. The molecule has 22 heavy (non-hydrogen) atoms. The minimum Gasteiger partial charge on any atom is -0.316 e. The summed E-state index contributed by atoms with van der Waals surface area (Å²) < 4.78 is 2.41. The Morgan fingerprint density at radius 1 is 1.32 bits per heavy atom. The quantitative estimate of drug-likeness (QED) is 0.944. The first kappa shape index (κ1) is 14.2. The third-order valence-electron chi connectivity index (χ3n) is 5.17. The summed E-state index contributed by atoms with van der Waals surface area (Å²) in [5, 5.41) is 3.52. The standard InChI is InChI=1S/C17H25N5/c1-21-10-4-7-16(21)22-15(11-13-5-2-8-18-12-13)20-14-6-3-9-19-17(14)22/h3,6,9,13,16,18H,2,4-5,7-8,10-12H2,1H3. The molecule has 0 amide bonds. The molecule has 2 fully saturated rings. The summed E-state index contributed by atoms with van der Waals surface area (Å²) in [6, 6.07) is 4.08. The highest BCUT2D eigenvalue weighted by Gasteiger charge is 2.28. The number of pyridine rings is 1. The average molecular weight is 299 g/mol. The topological polar surface area (TPSA) is 46.0 Å². The predicted octanol–water partition coefficient (Wildman–Crippen LogP) is 2.20. The van der Waals surface area contributed by atoms with E-state index in [1.807, 2.05) is 12.3 Å². The Hall–Kier alpha value is -1.46. The molecule has 2 unspecified atom stereocenters. The molecule has 0 aliphatic carbocycles. The third-order valence-corrected chi connectivity index (χ3v) is 5.17. The second-order valence-electron chi connectivity index (χ2n) is 6.76. The van der Waals surface area contributed by atoms with Gasteiger partial charge in [-0.25, -0.2) is 9.97 Å². The lowest BCUT2D eigenvalue weighted by Gasteiger charge is -2.26. The van der Waals surface area contributed by atoms with Gasteiger partial charge in [-0.3, -0.25) is 9.47 Å². The zero-order valence-electron chi connectivity index (χ0n) is 13.3. The van der Waals surface area contributed by atoms with E-state index in [0.29, 0.717) is 12.1 Å². The van der Waals surface area contributed by atoms with Crippen LogP contribution in [0.2, 0.25) is 0 Å². The third kappa shape index (κ3) is 2.52. The molecule has 5 nitrogen and oxygen atoms in total. The Kier molecular flexibility index (Phi) is 3.84. The average Bonchev–Trinajstić information content (AvgIpc) is 3.11. The summed E-state index contributed by atoms with van der Waals surface area (Å²) in [6.45, 7) is 3.46. The SMILES string of the molecule is CN1CCCC1n1c(CC2CCCNC2)nc2cccnc21. The van der Waals surface area contributed by atoms with Crippen LogP contribution in [-0.2, 0) is 6.42 Å². The van der Waals surface area contributed by atoms with Crippen LogP contribution in [0.3, 0.4) is 0 Å². The number of nitrogens with zero attached hydrogens (tertiary/aromatic N) is 4. The van der Waals surface area contributed by atoms with Crippen LogP contribution in [0.1, 0.15) is 37.7 Å². The van der Waals surface area contributed by atoms with Gasteiger partial charge in [0.05, 0.1) is 6.17 Å². The van der Waals surface area contributed by atoms with Crippen molar-refractivity contribution in [2.45, 2.75) is 38.3 Å². The van der Waals surface area contributed by atoms with Crippen LogP contribution in [0.25, 0.3) is 11.2 Å². The van der Waals surface area contributed by atoms with Crippen molar-refractivity contribution in [2.24, 2.45) is 5.92 Å². The maximum absolute atomic E-state index is 4.93. The lowest BCUT2D eigenvalue weighted by molar-refractivity contribution is 0.233. The lowest BCUT2D eigenvalue weighted by Crippen LogP contribution is -2.32. The Morgan fingerprint density at radius 2 is 2.27 bits per heavy atom. The number of rotatable bonds is 3. The molecule has 1 N–H and O–H groups in total. The Morgan fingerprint density at radius 3 is 3.05 bits per heavy atom. The molecule has 2 aromatic heterocycles. The van der Waals surface area contributed by atoms with Gasteiger partial charge in [0, 0.05) is 12.6 Å². The number of fused-ring (bicyclic) bond motifs is 1. The molecule has 0 spiro atoms. The number of piperidine rings is 1. The number of nitrogens with one attached hydrogen (secondary N) is 1. The van der Waals surface area contributed by atoms with Crippen LogP contribution < -0.4 is 5.32 Å². The van der Waals surface area contributed by atoms with E-state index in [-0.39, 0.29) is 0 Å². The Balaban J connectivity index is 1.72. The summed E-state index contributed by atoms with van der Waals surface area (Å²) in [5.41, 5.74) is 2.10. The molecule has 2 aliphatic rings. The first-order chi connectivity index (χ1) is 10.8. The molecule has 4 rings (SSSR count). The molecule has 0 saturated carbocycles. The normalized spacial score (nSPS) is 26.8. The fourth-order valence-electron chi connectivity index (χ4n) is 4.01. The van der Waals surface area contributed by atoms with E-state index in [9.17, 15) is 0 Å². The smallest absolute Gasteiger partial charge is 0.161 e. The highest BCUT2D eigenvalue weighted by molar-refractivity contribution is 5.71. The minimum absolute atomic E-state index is 0.423. The Bertz CT molecular complexity index is 644. The van der Waals surface area contributed by atoms with Crippen molar-refractivity contribution < 1.29 is 0 Å². The van der Waals surface area contributed by atoms with Gasteiger partial charge in [0.25, 0.3) is 0 Å². The summed E-state index contributed by atoms with van der Waals surface area (Å²) in [4.78, 5) is 12.0. The summed E-state index contributed by atoms with van der Waals surface area (Å²) in [5.74, 6) is 1.93. The van der Waals surface area contributed by atoms with E-state index in [1.165, 1.54) is 44.6 Å². The number of aromatic nitrogens is 3. The first-order valence-electron chi connectivity index (χ1n) is 8.56. The first-order valence-corrected chi connectivity index (χ1v) is 8.56. The van der Waals surface area contributed by atoms with Crippen molar-refractivity contribution in [3.8, 4) is 0 Å². The predicted molar refractivity (Wildman–Crippen MR) is 87.7 cm³/mol. The maximum atomic E-state index is 4.93. The van der Waals surface area contributed by atoms with Crippen molar-refractivity contribution in [1.29, 1.82) is 0 Å². The fourth-order valence-corrected chi connectivity index (χ4v) is 4.01. The highest BCUT2D eigenvalue weighted by Crippen LogP contribution is 2.31. The number of hydrogen-bond donors (Lipinski definition) is 1. The van der Waals surface area contributed by atoms with Gasteiger partial charge in [0.15, 0.2) is 5.65 Å². The van der Waals surface area contributed by atoms with Gasteiger partial charge in [-0.1, -0.05) is 0 Å². The van der Waals surface area contributed by atoms with Gasteiger partial charge < -0.3 is 5.32 Å². The van der Waals surface area contributed by atoms with Crippen molar-refractivity contribution >= 4 is 11.2 Å². The van der Waals surface area contributed by atoms with Crippen molar-refractivity contribution in [1.82, 2.24) is 24.8 Å². The molecule has 0 radical (unpaired) electrons. The summed E-state index contributed by atoms with van der Waals surface area (Å²) in [7, 11) is 2.22.